The van der Waals surface area contributed by atoms with Crippen LogP contribution in [0.1, 0.15) is 16.2 Å². The number of halogens is 1. The predicted molar refractivity (Wildman–Crippen MR) is 77.5 cm³/mol. The van der Waals surface area contributed by atoms with Gasteiger partial charge in [0.2, 0.25) is 0 Å². The van der Waals surface area contributed by atoms with Gasteiger partial charge in [-0.3, -0.25) is 0 Å². The van der Waals surface area contributed by atoms with Crippen molar-refractivity contribution in [2.45, 2.75) is 6.61 Å². The van der Waals surface area contributed by atoms with Crippen LogP contribution in [-0.4, -0.2) is 11.0 Å². The normalized spacial score (nSPS) is 10.4. The van der Waals surface area contributed by atoms with Crippen molar-refractivity contribution < 1.29 is 18.3 Å². The first-order valence-corrected chi connectivity index (χ1v) is 6.65. The minimum Gasteiger partial charge on any atom is -0.454 e. The topological polar surface area (TPSA) is 52.3 Å². The molecule has 0 N–H and O–H groups in total. The number of oxazole rings is 1. The second-order valence-corrected chi connectivity index (χ2v) is 4.60. The van der Waals surface area contributed by atoms with Crippen LogP contribution in [0.15, 0.2) is 65.2 Å². The van der Waals surface area contributed by atoms with Crippen LogP contribution in [0.25, 0.3) is 11.3 Å². The second-order valence-electron chi connectivity index (χ2n) is 4.60. The molecule has 0 aliphatic rings. The summed E-state index contributed by atoms with van der Waals surface area (Å²) < 4.78 is 23.4. The molecular formula is C17H12FNO3. The van der Waals surface area contributed by atoms with Gasteiger partial charge in [0.15, 0.2) is 5.76 Å². The van der Waals surface area contributed by atoms with Crippen LogP contribution in [0.4, 0.5) is 4.39 Å². The highest BCUT2D eigenvalue weighted by Crippen LogP contribution is 2.21. The first-order valence-electron chi connectivity index (χ1n) is 6.65. The van der Waals surface area contributed by atoms with Gasteiger partial charge >= 0.3 is 11.9 Å². The molecule has 3 rings (SSSR count). The summed E-state index contributed by atoms with van der Waals surface area (Å²) in [5.41, 5.74) is 1.51. The first-order chi connectivity index (χ1) is 10.7. The molecule has 3 aromatic rings. The Labute approximate surface area is 126 Å². The van der Waals surface area contributed by atoms with E-state index in [0.717, 1.165) is 5.56 Å². The minimum atomic E-state index is -0.641. The smallest absolute Gasteiger partial charge is 0.394 e. The maximum Gasteiger partial charge on any atom is 0.394 e. The highest BCUT2D eigenvalue weighted by molar-refractivity contribution is 5.84. The fraction of sp³-hybridized carbons (Fsp3) is 0.0588. The molecule has 1 aromatic heterocycles. The molecule has 0 aliphatic heterocycles. The van der Waals surface area contributed by atoms with Crippen LogP contribution in [-0.2, 0) is 11.3 Å². The fourth-order valence-electron chi connectivity index (χ4n) is 1.90. The van der Waals surface area contributed by atoms with Crippen molar-refractivity contribution in [1.82, 2.24) is 4.98 Å². The van der Waals surface area contributed by atoms with Crippen LogP contribution in [0.5, 0.6) is 0 Å². The zero-order valence-electron chi connectivity index (χ0n) is 11.5. The number of esters is 1. The van der Waals surface area contributed by atoms with Crippen molar-refractivity contribution in [3.05, 3.63) is 78.1 Å². The third kappa shape index (κ3) is 3.20. The number of carbonyl (C=O) groups is 1. The van der Waals surface area contributed by atoms with E-state index < -0.39 is 5.97 Å². The summed E-state index contributed by atoms with van der Waals surface area (Å²) in [7, 11) is 0. The number of hydrogen-bond acceptors (Lipinski definition) is 4. The zero-order valence-corrected chi connectivity index (χ0v) is 11.5. The SMILES string of the molecule is O=C(OCc1ccccc1)c1ncc(-c2ccc(F)cc2)o1. The first kappa shape index (κ1) is 14.0. The summed E-state index contributed by atoms with van der Waals surface area (Å²) in [4.78, 5) is 15.8. The Morgan fingerprint density at radius 3 is 2.55 bits per heavy atom. The molecule has 0 unspecified atom stereocenters. The van der Waals surface area contributed by atoms with Crippen molar-refractivity contribution in [2.75, 3.05) is 0 Å². The standard InChI is InChI=1S/C17H12FNO3/c18-14-8-6-13(7-9-14)15-10-19-16(22-15)17(20)21-11-12-4-2-1-3-5-12/h1-10H,11H2. The number of hydrogen-bond donors (Lipinski definition) is 0. The van der Waals surface area contributed by atoms with Crippen LogP contribution in [0, 0.1) is 5.82 Å². The molecule has 0 saturated carbocycles. The van der Waals surface area contributed by atoms with Crippen molar-refractivity contribution in [2.24, 2.45) is 0 Å². The molecule has 0 saturated heterocycles. The highest BCUT2D eigenvalue weighted by atomic mass is 19.1. The van der Waals surface area contributed by atoms with E-state index in [9.17, 15) is 9.18 Å². The lowest BCUT2D eigenvalue weighted by Gasteiger charge is -2.01. The largest absolute Gasteiger partial charge is 0.454 e. The minimum absolute atomic E-state index is 0.129. The number of nitrogens with zero attached hydrogens (tertiary/aromatic N) is 1. The van der Waals surface area contributed by atoms with Crippen molar-refractivity contribution in [3.63, 3.8) is 0 Å². The van der Waals surface area contributed by atoms with Gasteiger partial charge in [-0.15, -0.1) is 0 Å². The van der Waals surface area contributed by atoms with E-state index in [1.54, 1.807) is 12.1 Å². The Balaban J connectivity index is 1.68. The predicted octanol–water partition coefficient (Wildman–Crippen LogP) is 3.84. The van der Waals surface area contributed by atoms with Crippen LogP contribution >= 0.6 is 0 Å². The molecule has 0 fully saturated rings. The lowest BCUT2D eigenvalue weighted by molar-refractivity contribution is 0.0428. The van der Waals surface area contributed by atoms with Gasteiger partial charge in [0, 0.05) is 5.56 Å². The lowest BCUT2D eigenvalue weighted by atomic mass is 10.2. The maximum atomic E-state index is 12.9. The van der Waals surface area contributed by atoms with Gasteiger partial charge in [0.1, 0.15) is 12.4 Å². The molecule has 22 heavy (non-hydrogen) atoms. The van der Waals surface area contributed by atoms with E-state index in [1.807, 2.05) is 30.3 Å². The number of benzene rings is 2. The molecular weight excluding hydrogens is 285 g/mol. The second kappa shape index (κ2) is 6.22. The number of rotatable bonds is 4. The summed E-state index contributed by atoms with van der Waals surface area (Å²) in [5, 5.41) is 0. The summed E-state index contributed by atoms with van der Waals surface area (Å²) in [6, 6.07) is 15.0. The average Bonchev–Trinajstić information content (AvgIpc) is 3.04. The number of aromatic nitrogens is 1. The van der Waals surface area contributed by atoms with Gasteiger partial charge in [-0.05, 0) is 29.8 Å². The van der Waals surface area contributed by atoms with E-state index >= 15 is 0 Å². The van der Waals surface area contributed by atoms with E-state index in [2.05, 4.69) is 4.98 Å². The molecule has 2 aromatic carbocycles. The van der Waals surface area contributed by atoms with E-state index in [4.69, 9.17) is 9.15 Å². The Kier molecular flexibility index (Phi) is 3.96. The lowest BCUT2D eigenvalue weighted by Crippen LogP contribution is -2.05. The molecule has 1 heterocycles. The molecule has 110 valence electrons. The van der Waals surface area contributed by atoms with Gasteiger partial charge in [-0.1, -0.05) is 30.3 Å². The average molecular weight is 297 g/mol. The molecule has 0 atom stereocenters. The van der Waals surface area contributed by atoms with E-state index in [0.29, 0.717) is 11.3 Å². The molecule has 0 amide bonds. The van der Waals surface area contributed by atoms with Crippen LogP contribution < -0.4 is 0 Å². The maximum absolute atomic E-state index is 12.9. The van der Waals surface area contributed by atoms with Gasteiger partial charge in [0.05, 0.1) is 6.20 Å². The third-order valence-electron chi connectivity index (χ3n) is 3.02. The Morgan fingerprint density at radius 2 is 1.82 bits per heavy atom. The quantitative estimate of drug-likeness (QED) is 0.687. The highest BCUT2D eigenvalue weighted by Gasteiger charge is 2.15. The molecule has 5 heteroatoms. The van der Waals surface area contributed by atoms with Gasteiger partial charge in [-0.25, -0.2) is 14.2 Å². The molecule has 0 radical (unpaired) electrons. The summed E-state index contributed by atoms with van der Waals surface area (Å²) in [5.74, 6) is -0.732. The number of ether oxygens (including phenoxy) is 1. The third-order valence-corrected chi connectivity index (χ3v) is 3.02. The van der Waals surface area contributed by atoms with Crippen molar-refractivity contribution >= 4 is 5.97 Å². The Bertz CT molecular complexity index is 766. The number of carbonyl (C=O) groups excluding carboxylic acids is 1. The van der Waals surface area contributed by atoms with E-state index in [-0.39, 0.29) is 18.3 Å². The van der Waals surface area contributed by atoms with Crippen LogP contribution in [0.2, 0.25) is 0 Å². The monoisotopic (exact) mass is 297 g/mol. The summed E-state index contributed by atoms with van der Waals surface area (Å²) in [6.45, 7) is 0.147. The van der Waals surface area contributed by atoms with Gasteiger partial charge in [-0.2, -0.15) is 0 Å². The molecule has 0 bridgehead atoms. The van der Waals surface area contributed by atoms with E-state index in [1.165, 1.54) is 18.3 Å². The van der Waals surface area contributed by atoms with Crippen molar-refractivity contribution in [3.8, 4) is 11.3 Å². The van der Waals surface area contributed by atoms with Crippen molar-refractivity contribution in [1.29, 1.82) is 0 Å². The molecule has 4 nitrogen and oxygen atoms in total. The summed E-state index contributed by atoms with van der Waals surface area (Å²) >= 11 is 0. The van der Waals surface area contributed by atoms with Gasteiger partial charge < -0.3 is 9.15 Å². The molecule has 0 aliphatic carbocycles. The molecule has 0 spiro atoms. The van der Waals surface area contributed by atoms with Gasteiger partial charge in [0.25, 0.3) is 0 Å². The fourth-order valence-corrected chi connectivity index (χ4v) is 1.90. The Hall–Kier alpha value is -2.95. The summed E-state index contributed by atoms with van der Waals surface area (Å²) in [6.07, 6.45) is 1.41. The Morgan fingerprint density at radius 1 is 1.09 bits per heavy atom. The van der Waals surface area contributed by atoms with Crippen LogP contribution in [0.3, 0.4) is 0 Å². The zero-order chi connectivity index (χ0) is 15.4.